The third-order valence-electron chi connectivity index (χ3n) is 4.23. The molecule has 33 heavy (non-hydrogen) atoms. The van der Waals surface area contributed by atoms with Gasteiger partial charge >= 0.3 is 23.9 Å². The highest BCUT2D eigenvalue weighted by atomic mass is 16.7. The molecule has 180 valence electrons. The number of esters is 4. The van der Waals surface area contributed by atoms with E-state index in [1.165, 1.54) is 18.2 Å². The molecule has 0 aliphatic carbocycles. The van der Waals surface area contributed by atoms with E-state index in [-0.39, 0.29) is 11.4 Å². The highest BCUT2D eigenvalue weighted by Crippen LogP contribution is 2.31. The van der Waals surface area contributed by atoms with E-state index in [4.69, 9.17) is 28.4 Å². The summed E-state index contributed by atoms with van der Waals surface area (Å²) in [6.45, 7) is 3.99. The summed E-state index contributed by atoms with van der Waals surface area (Å²) in [6.07, 6.45) is -6.86. The van der Waals surface area contributed by atoms with Gasteiger partial charge in [-0.25, -0.2) is 0 Å². The zero-order chi connectivity index (χ0) is 24.7. The minimum Gasteiger partial charge on any atom is -0.463 e. The lowest BCUT2D eigenvalue weighted by Crippen LogP contribution is -2.63. The van der Waals surface area contributed by atoms with Crippen molar-refractivity contribution in [3.05, 3.63) is 34.4 Å². The number of carbonyl (C=O) groups excluding carboxylic acids is 4. The van der Waals surface area contributed by atoms with Crippen molar-refractivity contribution in [1.29, 1.82) is 0 Å². The third kappa shape index (κ3) is 7.42. The summed E-state index contributed by atoms with van der Waals surface area (Å²) in [6, 6.07) is 5.09. The van der Waals surface area contributed by atoms with E-state index in [9.17, 15) is 29.3 Å². The Kier molecular flexibility index (Phi) is 8.68. The van der Waals surface area contributed by atoms with Gasteiger partial charge in [0.1, 0.15) is 18.5 Å². The molecule has 0 spiro atoms. The average Bonchev–Trinajstić information content (AvgIpc) is 2.70. The fourth-order valence-corrected chi connectivity index (χ4v) is 3.09. The van der Waals surface area contributed by atoms with Crippen LogP contribution in [0.3, 0.4) is 0 Å². The van der Waals surface area contributed by atoms with Crippen molar-refractivity contribution in [3.8, 4) is 5.75 Å². The Hall–Kier alpha value is -3.74. The van der Waals surface area contributed by atoms with Gasteiger partial charge in [-0.3, -0.25) is 29.3 Å². The first-order valence-corrected chi connectivity index (χ1v) is 9.69. The van der Waals surface area contributed by atoms with Gasteiger partial charge in [0.05, 0.1) is 11.0 Å². The van der Waals surface area contributed by atoms with Gasteiger partial charge in [0.25, 0.3) is 5.69 Å². The van der Waals surface area contributed by atoms with Gasteiger partial charge in [-0.15, -0.1) is 0 Å². The largest absolute Gasteiger partial charge is 0.463 e. The Morgan fingerprint density at radius 1 is 0.909 bits per heavy atom. The number of rotatable bonds is 8. The van der Waals surface area contributed by atoms with Crippen molar-refractivity contribution < 1.29 is 52.5 Å². The van der Waals surface area contributed by atoms with Crippen LogP contribution in [0.5, 0.6) is 5.75 Å². The van der Waals surface area contributed by atoms with Crippen LogP contribution in [0.4, 0.5) is 5.69 Å². The Morgan fingerprint density at radius 3 is 2.03 bits per heavy atom. The van der Waals surface area contributed by atoms with Crippen molar-refractivity contribution in [3.63, 3.8) is 0 Å². The van der Waals surface area contributed by atoms with E-state index >= 15 is 0 Å². The molecule has 1 aliphatic heterocycles. The molecule has 0 unspecified atom stereocenters. The van der Waals surface area contributed by atoms with E-state index in [0.29, 0.717) is 0 Å². The molecule has 13 nitrogen and oxygen atoms in total. The van der Waals surface area contributed by atoms with E-state index in [0.717, 1.165) is 33.8 Å². The van der Waals surface area contributed by atoms with Crippen molar-refractivity contribution in [1.82, 2.24) is 0 Å². The van der Waals surface area contributed by atoms with Crippen LogP contribution in [0.1, 0.15) is 27.7 Å². The molecular weight excluding hydrogens is 446 g/mol. The molecule has 0 radical (unpaired) electrons. The van der Waals surface area contributed by atoms with E-state index in [1.807, 2.05) is 0 Å². The second kappa shape index (κ2) is 11.2. The lowest BCUT2D eigenvalue weighted by Gasteiger charge is -2.43. The Labute approximate surface area is 188 Å². The van der Waals surface area contributed by atoms with Crippen molar-refractivity contribution in [2.75, 3.05) is 6.61 Å². The average molecular weight is 469 g/mol. The second-order valence-corrected chi connectivity index (χ2v) is 6.94. The topological polar surface area (TPSA) is 167 Å². The molecular formula is C20H23NO12. The number of non-ortho nitro benzene ring substituents is 1. The van der Waals surface area contributed by atoms with Gasteiger partial charge in [-0.05, 0) is 6.07 Å². The van der Waals surface area contributed by atoms with Gasteiger partial charge in [-0.2, -0.15) is 0 Å². The van der Waals surface area contributed by atoms with Gasteiger partial charge in [0, 0.05) is 33.8 Å². The fourth-order valence-electron chi connectivity index (χ4n) is 3.09. The quantitative estimate of drug-likeness (QED) is 0.230. The summed E-state index contributed by atoms with van der Waals surface area (Å²) < 4.78 is 32.2. The van der Waals surface area contributed by atoms with E-state index < -0.39 is 66.1 Å². The lowest BCUT2D eigenvalue weighted by atomic mass is 9.98. The number of nitro groups is 1. The minimum absolute atomic E-state index is 0.0231. The summed E-state index contributed by atoms with van der Waals surface area (Å²) in [5.41, 5.74) is -0.280. The Morgan fingerprint density at radius 2 is 1.48 bits per heavy atom. The number of benzene rings is 1. The van der Waals surface area contributed by atoms with Crippen molar-refractivity contribution in [2.24, 2.45) is 0 Å². The molecule has 0 saturated carbocycles. The summed E-state index contributed by atoms with van der Waals surface area (Å²) in [7, 11) is 0. The number of carbonyl (C=O) groups is 4. The third-order valence-corrected chi connectivity index (χ3v) is 4.23. The summed E-state index contributed by atoms with van der Waals surface area (Å²) in [5.74, 6) is -3.05. The highest BCUT2D eigenvalue weighted by molar-refractivity contribution is 5.68. The molecule has 0 aromatic heterocycles. The molecule has 1 heterocycles. The molecule has 1 aliphatic rings. The van der Waals surface area contributed by atoms with Gasteiger partial charge in [0.15, 0.2) is 12.2 Å². The molecule has 1 saturated heterocycles. The van der Waals surface area contributed by atoms with E-state index in [1.54, 1.807) is 0 Å². The zero-order valence-electron chi connectivity index (χ0n) is 18.2. The van der Waals surface area contributed by atoms with E-state index in [2.05, 4.69) is 0 Å². The van der Waals surface area contributed by atoms with Crippen molar-refractivity contribution >= 4 is 29.6 Å². The highest BCUT2D eigenvalue weighted by Gasteiger charge is 2.53. The first kappa shape index (κ1) is 25.5. The van der Waals surface area contributed by atoms with Crippen LogP contribution < -0.4 is 4.74 Å². The Balaban J connectivity index is 2.47. The molecule has 0 N–H and O–H groups in total. The van der Waals surface area contributed by atoms with Crippen LogP contribution in [0.25, 0.3) is 0 Å². The molecule has 13 heteroatoms. The van der Waals surface area contributed by atoms with Crippen LogP contribution in [-0.4, -0.2) is 66.1 Å². The predicted molar refractivity (Wildman–Crippen MR) is 106 cm³/mol. The van der Waals surface area contributed by atoms with Crippen LogP contribution in [0, 0.1) is 10.1 Å². The minimum atomic E-state index is -1.48. The number of ether oxygens (including phenoxy) is 6. The molecule has 1 aromatic rings. The number of hydrogen-bond acceptors (Lipinski definition) is 12. The lowest BCUT2D eigenvalue weighted by molar-refractivity contribution is -0.385. The van der Waals surface area contributed by atoms with Gasteiger partial charge in [-0.1, -0.05) is 6.07 Å². The summed E-state index contributed by atoms with van der Waals surface area (Å²) in [4.78, 5) is 57.0. The summed E-state index contributed by atoms with van der Waals surface area (Å²) in [5, 5.41) is 11.1. The molecule has 1 fully saturated rings. The van der Waals surface area contributed by atoms with Gasteiger partial charge < -0.3 is 28.4 Å². The number of nitro benzene ring substituents is 1. The fraction of sp³-hybridized carbons (Fsp3) is 0.500. The van der Waals surface area contributed by atoms with Crippen LogP contribution in [-0.2, 0) is 42.9 Å². The maximum absolute atomic E-state index is 11.8. The monoisotopic (exact) mass is 469 g/mol. The second-order valence-electron chi connectivity index (χ2n) is 6.94. The molecule has 2 rings (SSSR count). The predicted octanol–water partition coefficient (Wildman–Crippen LogP) is 1.06. The van der Waals surface area contributed by atoms with Gasteiger partial charge in [0.2, 0.25) is 12.4 Å². The molecule has 5 atom stereocenters. The first-order valence-electron chi connectivity index (χ1n) is 9.69. The molecule has 1 aromatic carbocycles. The maximum Gasteiger partial charge on any atom is 0.303 e. The first-order chi connectivity index (χ1) is 15.5. The Bertz CT molecular complexity index is 916. The standard InChI is InChI=1S/C20H23NO12/c1-10(22)28-9-16-17(29-11(2)23)18(30-12(3)24)19(31-13(4)25)20(33-16)32-15-7-5-6-14(8-15)21(26)27/h5-8,16-20H,9H2,1-4H3/t16-,17+,18+,19-,20-/m1/s1. The SMILES string of the molecule is CC(=O)OC[C@H]1O[C@@H](Oc2cccc([N+](=O)[O-])c2)[C@H](OC(C)=O)[C@@H](OC(C)=O)[C@H]1OC(C)=O. The number of nitrogens with zero attached hydrogens (tertiary/aromatic N) is 1. The van der Waals surface area contributed by atoms with Crippen molar-refractivity contribution in [2.45, 2.75) is 58.4 Å². The summed E-state index contributed by atoms with van der Waals surface area (Å²) >= 11 is 0. The normalized spacial score (nSPS) is 24.2. The molecule has 0 amide bonds. The van der Waals surface area contributed by atoms with Crippen LogP contribution >= 0.6 is 0 Å². The number of hydrogen-bond donors (Lipinski definition) is 0. The zero-order valence-corrected chi connectivity index (χ0v) is 18.2. The smallest absolute Gasteiger partial charge is 0.303 e. The molecule has 0 bridgehead atoms. The maximum atomic E-state index is 11.8. The van der Waals surface area contributed by atoms with Crippen LogP contribution in [0.15, 0.2) is 24.3 Å². The van der Waals surface area contributed by atoms with Crippen LogP contribution in [0.2, 0.25) is 0 Å².